The SMILES string of the molecule is O=C1C=C(OCc2cnc(-c3ccc(Cl)cc3)[se]2)C2CCC1C2. The monoisotopic (exact) mass is 393 g/mol. The molecule has 0 radical (unpaired) electrons. The molecule has 2 aliphatic carbocycles. The zero-order valence-corrected chi connectivity index (χ0v) is 15.0. The van der Waals surface area contributed by atoms with Gasteiger partial charge in [0.05, 0.1) is 0 Å². The van der Waals surface area contributed by atoms with Crippen LogP contribution in [0.5, 0.6) is 0 Å². The topological polar surface area (TPSA) is 39.2 Å². The van der Waals surface area contributed by atoms with Crippen molar-refractivity contribution < 1.29 is 9.53 Å². The van der Waals surface area contributed by atoms with Gasteiger partial charge in [0.1, 0.15) is 0 Å². The van der Waals surface area contributed by atoms with Gasteiger partial charge in [-0.1, -0.05) is 0 Å². The number of ketones is 1. The standard InChI is InChI=1S/C18H16ClNO2Se/c19-14-5-3-11(4-6-14)18-20-9-15(23-18)10-22-17-8-16(21)12-1-2-13(17)7-12/h3-6,8-9,12-13H,1-2,7,10H2. The molecular weight excluding hydrogens is 377 g/mol. The predicted molar refractivity (Wildman–Crippen MR) is 90.3 cm³/mol. The molecule has 1 aromatic carbocycles. The van der Waals surface area contributed by atoms with E-state index < -0.39 is 0 Å². The predicted octanol–water partition coefficient (Wildman–Crippen LogP) is 3.86. The first-order valence-corrected chi connectivity index (χ1v) is 9.87. The van der Waals surface area contributed by atoms with Crippen LogP contribution in [0.4, 0.5) is 0 Å². The minimum absolute atomic E-state index is 0.172. The van der Waals surface area contributed by atoms with Crippen molar-refractivity contribution in [2.45, 2.75) is 25.9 Å². The summed E-state index contributed by atoms with van der Waals surface area (Å²) in [6.07, 6.45) is 6.71. The van der Waals surface area contributed by atoms with Crippen molar-refractivity contribution >= 4 is 31.9 Å². The molecule has 4 rings (SSSR count). The van der Waals surface area contributed by atoms with Crippen molar-refractivity contribution in [3.8, 4) is 10.1 Å². The number of benzene rings is 1. The van der Waals surface area contributed by atoms with Gasteiger partial charge in [-0.3, -0.25) is 0 Å². The Balaban J connectivity index is 1.44. The molecular formula is C18H16ClNO2Se. The van der Waals surface area contributed by atoms with Crippen LogP contribution < -0.4 is 0 Å². The number of aromatic nitrogens is 1. The first kappa shape index (κ1) is 15.2. The number of allylic oxidation sites excluding steroid dienone is 2. The zero-order chi connectivity index (χ0) is 15.8. The van der Waals surface area contributed by atoms with E-state index in [1.165, 1.54) is 4.44 Å². The molecule has 0 spiro atoms. The Morgan fingerprint density at radius 3 is 2.83 bits per heavy atom. The molecule has 2 aliphatic rings. The van der Waals surface area contributed by atoms with Crippen LogP contribution in [0.25, 0.3) is 10.1 Å². The van der Waals surface area contributed by atoms with Gasteiger partial charge in [-0.2, -0.15) is 0 Å². The molecule has 3 nitrogen and oxygen atoms in total. The Morgan fingerprint density at radius 1 is 1.22 bits per heavy atom. The molecule has 1 fully saturated rings. The number of fused-ring (bicyclic) bond motifs is 2. The summed E-state index contributed by atoms with van der Waals surface area (Å²) in [6, 6.07) is 7.78. The molecule has 2 bridgehead atoms. The fourth-order valence-corrected chi connectivity index (χ4v) is 5.16. The minimum atomic E-state index is 0.172. The van der Waals surface area contributed by atoms with E-state index in [-0.39, 0.29) is 26.2 Å². The van der Waals surface area contributed by atoms with Crippen molar-refractivity contribution in [1.82, 2.24) is 4.98 Å². The van der Waals surface area contributed by atoms with Gasteiger partial charge < -0.3 is 0 Å². The molecule has 118 valence electrons. The molecule has 1 aromatic heterocycles. The van der Waals surface area contributed by atoms with Gasteiger partial charge in [0, 0.05) is 0 Å². The van der Waals surface area contributed by atoms with Gasteiger partial charge in [0.2, 0.25) is 0 Å². The number of carbonyl (C=O) groups is 1. The number of ether oxygens (including phenoxy) is 1. The Hall–Kier alpha value is -1.35. The first-order valence-electron chi connectivity index (χ1n) is 7.78. The van der Waals surface area contributed by atoms with Gasteiger partial charge in [-0.05, 0) is 0 Å². The quantitative estimate of drug-likeness (QED) is 0.742. The van der Waals surface area contributed by atoms with Gasteiger partial charge in [0.15, 0.2) is 0 Å². The average molecular weight is 393 g/mol. The summed E-state index contributed by atoms with van der Waals surface area (Å²) < 4.78 is 8.27. The van der Waals surface area contributed by atoms with Gasteiger partial charge in [-0.25, -0.2) is 0 Å². The Kier molecular flexibility index (Phi) is 4.14. The molecule has 0 N–H and O–H groups in total. The molecule has 2 aromatic rings. The second-order valence-corrected chi connectivity index (χ2v) is 8.86. The van der Waals surface area contributed by atoms with E-state index in [2.05, 4.69) is 4.98 Å². The number of hydrogen-bond donors (Lipinski definition) is 0. The zero-order valence-electron chi connectivity index (χ0n) is 12.5. The van der Waals surface area contributed by atoms with Gasteiger partial charge >= 0.3 is 146 Å². The van der Waals surface area contributed by atoms with Crippen LogP contribution in [0, 0.1) is 11.8 Å². The fraction of sp³-hybridized carbons (Fsp3) is 0.333. The van der Waals surface area contributed by atoms with Crippen molar-refractivity contribution in [2.75, 3.05) is 0 Å². The van der Waals surface area contributed by atoms with Gasteiger partial charge in [0.25, 0.3) is 0 Å². The van der Waals surface area contributed by atoms with Crippen molar-refractivity contribution in [1.29, 1.82) is 0 Å². The number of carbonyl (C=O) groups excluding carboxylic acids is 1. The van der Waals surface area contributed by atoms with Crippen LogP contribution in [0.1, 0.15) is 23.7 Å². The third kappa shape index (κ3) is 3.16. The van der Waals surface area contributed by atoms with E-state index in [0.29, 0.717) is 12.5 Å². The van der Waals surface area contributed by atoms with E-state index >= 15 is 0 Å². The summed E-state index contributed by atoms with van der Waals surface area (Å²) in [5.41, 5.74) is 1.12. The van der Waals surface area contributed by atoms with E-state index in [1.807, 2.05) is 30.5 Å². The summed E-state index contributed by atoms with van der Waals surface area (Å²) in [7, 11) is 0. The number of halogens is 1. The first-order chi connectivity index (χ1) is 11.2. The molecule has 23 heavy (non-hydrogen) atoms. The van der Waals surface area contributed by atoms with Crippen molar-refractivity contribution in [3.05, 3.63) is 51.8 Å². The van der Waals surface area contributed by atoms with Crippen LogP contribution >= 0.6 is 11.6 Å². The molecule has 0 amide bonds. The summed E-state index contributed by atoms with van der Waals surface area (Å²) in [6.45, 7) is 0.543. The van der Waals surface area contributed by atoms with Crippen molar-refractivity contribution in [3.63, 3.8) is 0 Å². The second-order valence-electron chi connectivity index (χ2n) is 6.08. The van der Waals surface area contributed by atoms with E-state index in [9.17, 15) is 4.79 Å². The molecule has 0 saturated heterocycles. The summed E-state index contributed by atoms with van der Waals surface area (Å²) >= 11 is 6.10. The van der Waals surface area contributed by atoms with E-state index in [4.69, 9.17) is 16.3 Å². The maximum absolute atomic E-state index is 11.9. The summed E-state index contributed by atoms with van der Waals surface area (Å²) in [4.78, 5) is 16.4. The Labute approximate surface area is 146 Å². The molecule has 2 atom stereocenters. The van der Waals surface area contributed by atoms with E-state index in [1.54, 1.807) is 6.08 Å². The van der Waals surface area contributed by atoms with Crippen LogP contribution in [0.3, 0.4) is 0 Å². The van der Waals surface area contributed by atoms with Crippen LogP contribution in [0.15, 0.2) is 42.3 Å². The maximum atomic E-state index is 11.9. The number of nitrogens with zero attached hydrogens (tertiary/aromatic N) is 1. The average Bonchev–Trinajstić information content (AvgIpc) is 3.19. The molecule has 1 saturated carbocycles. The third-order valence-corrected chi connectivity index (χ3v) is 6.94. The molecule has 0 aliphatic heterocycles. The van der Waals surface area contributed by atoms with Crippen LogP contribution in [0.2, 0.25) is 5.02 Å². The number of hydrogen-bond acceptors (Lipinski definition) is 3. The molecule has 5 heteroatoms. The molecule has 2 unspecified atom stereocenters. The van der Waals surface area contributed by atoms with Gasteiger partial charge in [-0.15, -0.1) is 0 Å². The normalized spacial score (nSPS) is 23.0. The van der Waals surface area contributed by atoms with Crippen molar-refractivity contribution in [2.24, 2.45) is 11.8 Å². The Bertz CT molecular complexity index is 766. The summed E-state index contributed by atoms with van der Waals surface area (Å²) in [5, 5.41) is 0.736. The van der Waals surface area contributed by atoms with Crippen LogP contribution in [-0.4, -0.2) is 25.3 Å². The Morgan fingerprint density at radius 2 is 2.00 bits per heavy atom. The van der Waals surface area contributed by atoms with Crippen LogP contribution in [-0.2, 0) is 16.1 Å². The van der Waals surface area contributed by atoms with E-state index in [0.717, 1.165) is 40.2 Å². The fourth-order valence-electron chi connectivity index (χ4n) is 3.29. The number of rotatable bonds is 4. The summed E-state index contributed by atoms with van der Waals surface area (Å²) in [5.74, 6) is 1.84. The third-order valence-electron chi connectivity index (χ3n) is 4.55. The molecule has 1 heterocycles. The second kappa shape index (κ2) is 6.27.